The number of amidine groups is 1. The molecule has 0 unspecified atom stereocenters. The van der Waals surface area contributed by atoms with Gasteiger partial charge in [-0.2, -0.15) is 18.4 Å². The summed E-state index contributed by atoms with van der Waals surface area (Å²) in [5.41, 5.74) is -0.985. The van der Waals surface area contributed by atoms with E-state index in [2.05, 4.69) is 51.7 Å². The van der Waals surface area contributed by atoms with Crippen molar-refractivity contribution >= 4 is 69.7 Å². The number of hydrogen-bond acceptors (Lipinski definition) is 13. The van der Waals surface area contributed by atoms with Crippen LogP contribution in [0.5, 0.6) is 11.5 Å². The molecule has 22 heteroatoms. The van der Waals surface area contributed by atoms with Gasteiger partial charge in [-0.15, -0.1) is 0 Å². The highest BCUT2D eigenvalue weighted by molar-refractivity contribution is 7.81. The number of rotatable bonds is 26. The van der Waals surface area contributed by atoms with Crippen LogP contribution in [0.3, 0.4) is 0 Å². The molecule has 5 aromatic rings. The fraction of sp³-hybridized carbons (Fsp3) is 0.462. The summed E-state index contributed by atoms with van der Waals surface area (Å²) in [7, 11) is 0. The Balaban J connectivity index is 0.705. The molecule has 3 heterocycles. The lowest BCUT2D eigenvalue weighted by molar-refractivity contribution is -0.137. The van der Waals surface area contributed by atoms with Crippen LogP contribution in [0, 0.1) is 11.3 Å². The molecule has 0 aromatic heterocycles. The minimum atomic E-state index is -4.80. The van der Waals surface area contributed by atoms with Gasteiger partial charge in [0.1, 0.15) is 40.6 Å². The highest BCUT2D eigenvalue weighted by Crippen LogP contribution is 2.54. The van der Waals surface area contributed by atoms with Crippen LogP contribution in [-0.4, -0.2) is 155 Å². The Bertz CT molecular complexity index is 3270. The summed E-state index contributed by atoms with van der Waals surface area (Å²) in [6, 6.07) is 32.9. The van der Waals surface area contributed by atoms with Gasteiger partial charge < -0.3 is 43.0 Å². The first-order chi connectivity index (χ1) is 41.4. The summed E-state index contributed by atoms with van der Waals surface area (Å²) in [6.07, 6.45) is -4.80. The lowest BCUT2D eigenvalue weighted by atomic mass is 9.71. The number of benzene rings is 5. The molecule has 466 valence electrons. The van der Waals surface area contributed by atoms with Crippen LogP contribution in [0.2, 0.25) is 10.0 Å². The van der Waals surface area contributed by atoms with Crippen LogP contribution in [0.25, 0.3) is 0 Å². The molecule has 3 aliphatic heterocycles. The van der Waals surface area contributed by atoms with Crippen molar-refractivity contribution in [1.29, 1.82) is 5.26 Å². The summed E-state index contributed by atoms with van der Waals surface area (Å²) in [5, 5.41) is 10.4. The van der Waals surface area contributed by atoms with Crippen molar-refractivity contribution in [3.05, 3.63) is 153 Å². The Morgan fingerprint density at radius 2 is 1.21 bits per heavy atom. The van der Waals surface area contributed by atoms with E-state index in [4.69, 9.17) is 73.6 Å². The molecule has 0 N–H and O–H groups in total. The molecule has 5 aromatic carbocycles. The standard InChI is InChI=1S/C65H76Cl2F3N7O9S/c1-9-85-56-42-48(61(2,3)4)15-25-54(56)57-72-63(7,46-11-16-49(66)17-12-46)64(8,47-13-18-50(67)19-14-47)77(57)59(79)74-28-26-73(27-29-74)30-31-80-32-33-81-34-35-82-36-37-83-38-39-84-40-41-86-53-23-21-51(22-24-53)76-60(87)75(58(78)62(76,5)6)52-20-10-45(44-71)55(43-52)65(68,69)70/h10-25,42-43H,9,26-41H2,1-8H3/t63-,64+/m0/s1. The first-order valence-electron chi connectivity index (χ1n) is 29.1. The quantitative estimate of drug-likeness (QED) is 0.0382. The van der Waals surface area contributed by atoms with E-state index in [-0.39, 0.29) is 28.9 Å². The minimum Gasteiger partial charge on any atom is -0.493 e. The zero-order valence-electron chi connectivity index (χ0n) is 50.5. The maximum atomic E-state index is 15.5. The van der Waals surface area contributed by atoms with Crippen LogP contribution in [0.4, 0.5) is 29.3 Å². The van der Waals surface area contributed by atoms with Crippen molar-refractivity contribution in [2.24, 2.45) is 4.99 Å². The number of nitriles is 1. The molecule has 3 aliphatic rings. The van der Waals surface area contributed by atoms with E-state index in [1.807, 2.05) is 71.3 Å². The second-order valence-electron chi connectivity index (χ2n) is 23.0. The SMILES string of the molecule is CCOc1cc(C(C)(C)C)ccc1C1=N[C@@](C)(c2ccc(Cl)cc2)[C@@](C)(c2ccc(Cl)cc2)N1C(=O)N1CCN(CCOCCOCCOCCOCCOCCOc2ccc(N3C(=S)N(c4ccc(C#N)c(C(F)(F)F)c4)C(=O)C3(C)C)cc2)CC1. The Hall–Kier alpha value is -6.38. The third-order valence-corrected chi connectivity index (χ3v) is 16.8. The number of thiocarbonyl (C=S) groups is 1. The van der Waals surface area contributed by atoms with E-state index in [9.17, 15) is 23.2 Å². The van der Waals surface area contributed by atoms with Gasteiger partial charge in [0.05, 0.1) is 101 Å². The molecule has 8 rings (SSSR count). The van der Waals surface area contributed by atoms with Crippen molar-refractivity contribution in [3.8, 4) is 17.6 Å². The maximum absolute atomic E-state index is 15.5. The van der Waals surface area contributed by atoms with Gasteiger partial charge in [0.25, 0.3) is 5.91 Å². The molecule has 2 fully saturated rings. The average molecular weight is 1260 g/mol. The number of aliphatic imine (C=N–C) groups is 1. The first-order valence-corrected chi connectivity index (χ1v) is 30.2. The van der Waals surface area contributed by atoms with Crippen LogP contribution in [-0.2, 0) is 51.1 Å². The van der Waals surface area contributed by atoms with E-state index in [0.717, 1.165) is 39.3 Å². The second kappa shape index (κ2) is 28.8. The summed E-state index contributed by atoms with van der Waals surface area (Å²) in [5.74, 6) is 1.21. The minimum absolute atomic E-state index is 0.000658. The van der Waals surface area contributed by atoms with Gasteiger partial charge in [-0.05, 0) is 148 Å². The number of carbonyl (C=O) groups excluding carboxylic acids is 2. The lowest BCUT2D eigenvalue weighted by Crippen LogP contribution is -2.60. The van der Waals surface area contributed by atoms with Crippen molar-refractivity contribution in [2.45, 2.75) is 83.6 Å². The zero-order valence-corrected chi connectivity index (χ0v) is 52.8. The van der Waals surface area contributed by atoms with Crippen molar-refractivity contribution in [1.82, 2.24) is 14.7 Å². The fourth-order valence-electron chi connectivity index (χ4n) is 10.9. The van der Waals surface area contributed by atoms with E-state index in [1.54, 1.807) is 49.1 Å². The van der Waals surface area contributed by atoms with Crippen molar-refractivity contribution in [3.63, 3.8) is 0 Å². The van der Waals surface area contributed by atoms with Crippen molar-refractivity contribution < 1.29 is 55.9 Å². The summed E-state index contributed by atoms with van der Waals surface area (Å²) in [6.45, 7) is 23.7. The fourth-order valence-corrected chi connectivity index (χ4v) is 11.6. The Morgan fingerprint density at radius 1 is 0.678 bits per heavy atom. The van der Waals surface area contributed by atoms with Crippen molar-refractivity contribution in [2.75, 3.05) is 122 Å². The molecule has 0 spiro atoms. The lowest BCUT2D eigenvalue weighted by Gasteiger charge is -2.47. The predicted octanol–water partition coefficient (Wildman–Crippen LogP) is 12.3. The van der Waals surface area contributed by atoms with Crippen LogP contribution >= 0.6 is 35.4 Å². The van der Waals surface area contributed by atoms with E-state index < -0.39 is 39.8 Å². The summed E-state index contributed by atoms with van der Waals surface area (Å²) in [4.78, 5) is 43.3. The first kappa shape index (κ1) is 66.6. The zero-order chi connectivity index (χ0) is 62.7. The number of urea groups is 1. The normalized spacial score (nSPS) is 19.0. The largest absolute Gasteiger partial charge is 0.493 e. The molecule has 2 saturated heterocycles. The molecule has 0 bridgehead atoms. The van der Waals surface area contributed by atoms with Gasteiger partial charge in [0.15, 0.2) is 5.11 Å². The third-order valence-electron chi connectivity index (χ3n) is 16.0. The topological polar surface area (TPSA) is 151 Å². The number of ether oxygens (including phenoxy) is 7. The Kier molecular flexibility index (Phi) is 22.1. The number of nitrogens with zero attached hydrogens (tertiary/aromatic N) is 7. The number of alkyl halides is 3. The molecule has 0 radical (unpaired) electrons. The highest BCUT2D eigenvalue weighted by atomic mass is 35.5. The molecule has 2 atom stereocenters. The number of amides is 3. The summed E-state index contributed by atoms with van der Waals surface area (Å²) < 4.78 is 82.0. The number of halogens is 5. The molecule has 87 heavy (non-hydrogen) atoms. The van der Waals surface area contributed by atoms with E-state index in [1.165, 1.54) is 6.07 Å². The third kappa shape index (κ3) is 15.2. The number of piperazine rings is 1. The molecule has 16 nitrogen and oxygen atoms in total. The average Bonchev–Trinajstić information content (AvgIpc) is 1.59. The number of anilines is 2. The van der Waals surface area contributed by atoms with Gasteiger partial charge >= 0.3 is 12.2 Å². The van der Waals surface area contributed by atoms with E-state index >= 15 is 4.79 Å². The molecular weight excluding hydrogens is 1180 g/mol. The van der Waals surface area contributed by atoms with Crippen LogP contribution in [0.1, 0.15) is 88.8 Å². The second-order valence-corrected chi connectivity index (χ2v) is 24.2. The Labute approximate surface area is 523 Å². The van der Waals surface area contributed by atoms with Gasteiger partial charge in [0.2, 0.25) is 0 Å². The van der Waals surface area contributed by atoms with Gasteiger partial charge in [-0.3, -0.25) is 24.5 Å². The molecule has 3 amide bonds. The van der Waals surface area contributed by atoms with Gasteiger partial charge in [-0.1, -0.05) is 74.3 Å². The highest BCUT2D eigenvalue weighted by Gasteiger charge is 2.60. The van der Waals surface area contributed by atoms with Crippen LogP contribution in [0.15, 0.2) is 114 Å². The molecule has 0 aliphatic carbocycles. The molecular formula is C65H76Cl2F3N7O9S. The number of carbonyl (C=O) groups is 2. The number of hydrogen-bond donors (Lipinski definition) is 0. The van der Waals surface area contributed by atoms with Gasteiger partial charge in [-0.25, -0.2) is 4.79 Å². The Morgan fingerprint density at radius 3 is 1.74 bits per heavy atom. The van der Waals surface area contributed by atoms with E-state index in [0.29, 0.717) is 138 Å². The molecule has 0 saturated carbocycles. The summed E-state index contributed by atoms with van der Waals surface area (Å²) >= 11 is 18.6. The predicted molar refractivity (Wildman–Crippen MR) is 335 cm³/mol. The van der Waals surface area contributed by atoms with Gasteiger partial charge in [0, 0.05) is 48.5 Å². The smallest absolute Gasteiger partial charge is 0.417 e. The maximum Gasteiger partial charge on any atom is 0.417 e. The monoisotopic (exact) mass is 1260 g/mol. The van der Waals surface area contributed by atoms with Crippen LogP contribution < -0.4 is 19.3 Å².